The van der Waals surface area contributed by atoms with Crippen molar-refractivity contribution in [2.75, 3.05) is 26.0 Å². The zero-order valence-electron chi connectivity index (χ0n) is 11.2. The summed E-state index contributed by atoms with van der Waals surface area (Å²) in [6.45, 7) is 2.35. The number of anilines is 1. The molecular formula is C14H20N2O2. The zero-order chi connectivity index (χ0) is 13.5. The van der Waals surface area contributed by atoms with E-state index < -0.39 is 0 Å². The van der Waals surface area contributed by atoms with Crippen LogP contribution in [0.1, 0.15) is 30.1 Å². The molecule has 0 radical (unpaired) electrons. The second-order valence-corrected chi connectivity index (χ2v) is 4.54. The molecule has 0 atom stereocenters. The van der Waals surface area contributed by atoms with Gasteiger partial charge in [-0.2, -0.15) is 0 Å². The molecule has 1 aromatic carbocycles. The fraction of sp³-hybridized carbons (Fsp3) is 0.429. The highest BCUT2D eigenvalue weighted by atomic mass is 16.1. The molecule has 4 heteroatoms. The van der Waals surface area contributed by atoms with Crippen LogP contribution in [0.15, 0.2) is 24.3 Å². The smallest absolute Gasteiger partial charge is 0.224 e. The molecule has 0 fully saturated rings. The van der Waals surface area contributed by atoms with Crippen LogP contribution in [-0.4, -0.2) is 37.2 Å². The fourth-order valence-corrected chi connectivity index (χ4v) is 1.57. The molecule has 0 saturated heterocycles. The van der Waals surface area contributed by atoms with Gasteiger partial charge >= 0.3 is 0 Å². The molecule has 0 aliphatic rings. The third-order valence-electron chi connectivity index (χ3n) is 2.43. The number of carbonyl (C=O) groups is 2. The van der Waals surface area contributed by atoms with Crippen molar-refractivity contribution in [2.45, 2.75) is 19.8 Å². The Balaban J connectivity index is 2.62. The number of rotatable bonds is 6. The van der Waals surface area contributed by atoms with Crippen LogP contribution in [0, 0.1) is 0 Å². The van der Waals surface area contributed by atoms with E-state index in [4.69, 9.17) is 0 Å². The highest BCUT2D eigenvalue weighted by Gasteiger charge is 2.07. The van der Waals surface area contributed by atoms with Crippen LogP contribution in [0.4, 0.5) is 5.69 Å². The van der Waals surface area contributed by atoms with Gasteiger partial charge in [0, 0.05) is 17.7 Å². The van der Waals surface area contributed by atoms with Crippen molar-refractivity contribution in [1.82, 2.24) is 4.90 Å². The quantitative estimate of drug-likeness (QED) is 0.785. The van der Waals surface area contributed by atoms with Gasteiger partial charge in [-0.15, -0.1) is 0 Å². The molecule has 0 aliphatic carbocycles. The Morgan fingerprint density at radius 2 is 1.78 bits per heavy atom. The second-order valence-electron chi connectivity index (χ2n) is 4.54. The molecule has 1 N–H and O–H groups in total. The Morgan fingerprint density at radius 3 is 2.28 bits per heavy atom. The first-order valence-corrected chi connectivity index (χ1v) is 6.10. The van der Waals surface area contributed by atoms with Crippen LogP contribution < -0.4 is 5.32 Å². The minimum Gasteiger partial charge on any atom is -0.326 e. The van der Waals surface area contributed by atoms with E-state index in [0.29, 0.717) is 18.5 Å². The first kappa shape index (κ1) is 14.4. The minimum atomic E-state index is 0.00451. The maximum atomic E-state index is 11.8. The molecule has 1 rings (SSSR count). The third-order valence-corrected chi connectivity index (χ3v) is 2.43. The number of hydrogen-bond donors (Lipinski definition) is 1. The maximum absolute atomic E-state index is 11.8. The molecule has 0 heterocycles. The van der Waals surface area contributed by atoms with E-state index in [1.54, 1.807) is 24.3 Å². The van der Waals surface area contributed by atoms with Gasteiger partial charge in [0.25, 0.3) is 0 Å². The molecule has 0 saturated carbocycles. The van der Waals surface area contributed by atoms with Gasteiger partial charge in [-0.3, -0.25) is 9.59 Å². The number of carbonyl (C=O) groups excluding carboxylic acids is 2. The van der Waals surface area contributed by atoms with Gasteiger partial charge in [-0.1, -0.05) is 6.92 Å². The number of hydrogen-bond acceptors (Lipinski definition) is 3. The molecule has 1 aromatic rings. The molecule has 0 bridgehead atoms. The second kappa shape index (κ2) is 6.91. The lowest BCUT2D eigenvalue weighted by Crippen LogP contribution is -2.21. The van der Waals surface area contributed by atoms with E-state index in [9.17, 15) is 9.59 Å². The lowest BCUT2D eigenvalue weighted by molar-refractivity contribution is -0.116. The van der Waals surface area contributed by atoms with Crippen molar-refractivity contribution in [1.29, 1.82) is 0 Å². The summed E-state index contributed by atoms with van der Waals surface area (Å²) in [5, 5.41) is 2.79. The van der Waals surface area contributed by atoms with Crippen molar-refractivity contribution in [2.24, 2.45) is 0 Å². The predicted molar refractivity (Wildman–Crippen MR) is 72.9 cm³/mol. The number of likely N-dealkylation sites (N-methyl/N-ethyl adjacent to an activating group) is 1. The molecule has 18 heavy (non-hydrogen) atoms. The number of nitrogens with one attached hydrogen (secondary N) is 1. The van der Waals surface area contributed by atoms with Crippen LogP contribution in [-0.2, 0) is 4.79 Å². The number of ketones is 1. The van der Waals surface area contributed by atoms with Crippen LogP contribution in [0.5, 0.6) is 0 Å². The van der Waals surface area contributed by atoms with E-state index in [-0.39, 0.29) is 11.7 Å². The van der Waals surface area contributed by atoms with Gasteiger partial charge < -0.3 is 10.2 Å². The average molecular weight is 248 g/mol. The molecule has 1 amide bonds. The van der Waals surface area contributed by atoms with Crippen LogP contribution in [0.2, 0.25) is 0 Å². The molecular weight excluding hydrogens is 228 g/mol. The van der Waals surface area contributed by atoms with Crippen LogP contribution in [0.3, 0.4) is 0 Å². The summed E-state index contributed by atoms with van der Waals surface area (Å²) in [6.07, 6.45) is 1.34. The zero-order valence-corrected chi connectivity index (χ0v) is 11.2. The van der Waals surface area contributed by atoms with Crippen molar-refractivity contribution < 1.29 is 9.59 Å². The molecule has 98 valence electrons. The van der Waals surface area contributed by atoms with Crippen molar-refractivity contribution in [3.63, 3.8) is 0 Å². The summed E-state index contributed by atoms with van der Waals surface area (Å²) in [5.74, 6) is 0.0799. The highest BCUT2D eigenvalue weighted by molar-refractivity contribution is 5.98. The van der Waals surface area contributed by atoms with Gasteiger partial charge in [0.15, 0.2) is 5.78 Å². The molecule has 0 unspecified atom stereocenters. The standard InChI is InChI=1S/C14H20N2O2/c1-4-5-14(18)15-12-8-6-11(7-9-12)13(17)10-16(2)3/h6-9H,4-5,10H2,1-3H3,(H,15,18). The summed E-state index contributed by atoms with van der Waals surface area (Å²) < 4.78 is 0. The summed E-state index contributed by atoms with van der Waals surface area (Å²) in [6, 6.07) is 7.01. The predicted octanol–water partition coefficient (Wildman–Crippen LogP) is 2.17. The highest BCUT2D eigenvalue weighted by Crippen LogP contribution is 2.11. The Labute approximate surface area is 108 Å². The summed E-state index contributed by atoms with van der Waals surface area (Å²) >= 11 is 0. The summed E-state index contributed by atoms with van der Waals surface area (Å²) in [4.78, 5) is 25.0. The lowest BCUT2D eigenvalue weighted by Gasteiger charge is -2.09. The topological polar surface area (TPSA) is 49.4 Å². The number of amides is 1. The first-order chi connectivity index (χ1) is 8.52. The summed E-state index contributed by atoms with van der Waals surface area (Å²) in [7, 11) is 3.72. The minimum absolute atomic E-state index is 0.00451. The molecule has 0 aliphatic heterocycles. The maximum Gasteiger partial charge on any atom is 0.224 e. The van der Waals surface area contributed by atoms with Crippen molar-refractivity contribution in [3.8, 4) is 0 Å². The Morgan fingerprint density at radius 1 is 1.17 bits per heavy atom. The van der Waals surface area contributed by atoms with Crippen molar-refractivity contribution >= 4 is 17.4 Å². The number of Topliss-reactive ketones (excluding diaryl/α,β-unsaturated/α-hetero) is 1. The van der Waals surface area contributed by atoms with Gasteiger partial charge in [0.2, 0.25) is 5.91 Å². The summed E-state index contributed by atoms with van der Waals surface area (Å²) in [5.41, 5.74) is 1.40. The van der Waals surface area contributed by atoms with E-state index in [1.807, 2.05) is 25.9 Å². The lowest BCUT2D eigenvalue weighted by atomic mass is 10.1. The SMILES string of the molecule is CCCC(=O)Nc1ccc(C(=O)CN(C)C)cc1. The fourth-order valence-electron chi connectivity index (χ4n) is 1.57. The molecule has 0 spiro atoms. The largest absolute Gasteiger partial charge is 0.326 e. The van der Waals surface area contributed by atoms with Gasteiger partial charge in [0.05, 0.1) is 6.54 Å². The van der Waals surface area contributed by atoms with Gasteiger partial charge in [-0.05, 0) is 44.8 Å². The normalized spacial score (nSPS) is 10.4. The monoisotopic (exact) mass is 248 g/mol. The Hall–Kier alpha value is -1.68. The van der Waals surface area contributed by atoms with E-state index >= 15 is 0 Å². The average Bonchev–Trinajstić information content (AvgIpc) is 2.29. The molecule has 0 aromatic heterocycles. The van der Waals surface area contributed by atoms with Crippen LogP contribution in [0.25, 0.3) is 0 Å². The van der Waals surface area contributed by atoms with E-state index in [1.165, 1.54) is 0 Å². The van der Waals surface area contributed by atoms with Crippen LogP contribution >= 0.6 is 0 Å². The van der Waals surface area contributed by atoms with Gasteiger partial charge in [-0.25, -0.2) is 0 Å². The third kappa shape index (κ3) is 4.67. The van der Waals surface area contributed by atoms with Gasteiger partial charge in [0.1, 0.15) is 0 Å². The number of nitrogens with zero attached hydrogens (tertiary/aromatic N) is 1. The van der Waals surface area contributed by atoms with Crippen molar-refractivity contribution in [3.05, 3.63) is 29.8 Å². The Kier molecular flexibility index (Phi) is 5.52. The first-order valence-electron chi connectivity index (χ1n) is 6.10. The number of benzene rings is 1. The molecule has 4 nitrogen and oxygen atoms in total. The van der Waals surface area contributed by atoms with E-state index in [2.05, 4.69) is 5.32 Å². The van der Waals surface area contributed by atoms with E-state index in [0.717, 1.165) is 12.1 Å². The Bertz CT molecular complexity index is 410.